The smallest absolute Gasteiger partial charge is 0.243 e. The number of anilines is 1. The highest BCUT2D eigenvalue weighted by Gasteiger charge is 2.29. The summed E-state index contributed by atoms with van der Waals surface area (Å²) in [4.78, 5) is 6.73. The van der Waals surface area contributed by atoms with Crippen LogP contribution in [0.5, 0.6) is 0 Å². The van der Waals surface area contributed by atoms with E-state index in [1.54, 1.807) is 24.3 Å². The van der Waals surface area contributed by atoms with Crippen molar-refractivity contribution in [1.29, 1.82) is 5.26 Å². The lowest BCUT2D eigenvalue weighted by atomic mass is 9.92. The number of piperidine rings is 1. The van der Waals surface area contributed by atoms with Crippen molar-refractivity contribution in [3.05, 3.63) is 30.0 Å². The molecule has 0 saturated carbocycles. The zero-order valence-electron chi connectivity index (χ0n) is 16.8. The third kappa shape index (κ3) is 3.89. The number of hydrogen-bond donors (Lipinski definition) is 0. The number of oxazole rings is 1. The molecule has 7 nitrogen and oxygen atoms in total. The summed E-state index contributed by atoms with van der Waals surface area (Å²) in [5, 5.41) is 9.53. The molecule has 0 aliphatic carbocycles. The van der Waals surface area contributed by atoms with Gasteiger partial charge in [0.1, 0.15) is 6.07 Å². The molecular formula is C21H26N4O3S. The van der Waals surface area contributed by atoms with Gasteiger partial charge in [-0.05, 0) is 55.4 Å². The first kappa shape index (κ1) is 19.9. The molecule has 0 amide bonds. The molecule has 1 aromatic carbocycles. The van der Waals surface area contributed by atoms with Gasteiger partial charge in [-0.3, -0.25) is 0 Å². The van der Waals surface area contributed by atoms with Crippen molar-refractivity contribution < 1.29 is 12.8 Å². The van der Waals surface area contributed by atoms with Crippen molar-refractivity contribution >= 4 is 15.9 Å². The summed E-state index contributed by atoms with van der Waals surface area (Å²) >= 11 is 0. The average molecular weight is 415 g/mol. The molecule has 4 rings (SSSR count). The van der Waals surface area contributed by atoms with E-state index in [0.29, 0.717) is 42.3 Å². The maximum Gasteiger partial charge on any atom is 0.243 e. The van der Waals surface area contributed by atoms with Crippen LogP contribution in [-0.2, 0) is 10.0 Å². The molecule has 2 saturated heterocycles. The van der Waals surface area contributed by atoms with Crippen molar-refractivity contribution in [3.63, 3.8) is 0 Å². The predicted octanol–water partition coefficient (Wildman–Crippen LogP) is 3.48. The van der Waals surface area contributed by atoms with Crippen LogP contribution < -0.4 is 4.90 Å². The summed E-state index contributed by atoms with van der Waals surface area (Å²) in [6.07, 6.45) is 2.97. The number of hydrogen-bond acceptors (Lipinski definition) is 6. The number of benzene rings is 1. The summed E-state index contributed by atoms with van der Waals surface area (Å²) < 4.78 is 32.9. The van der Waals surface area contributed by atoms with E-state index in [1.807, 2.05) is 0 Å². The molecule has 0 N–H and O–H groups in total. The lowest BCUT2D eigenvalue weighted by molar-refractivity contribution is 0.344. The van der Waals surface area contributed by atoms with Crippen LogP contribution >= 0.6 is 0 Å². The Labute approximate surface area is 172 Å². The van der Waals surface area contributed by atoms with Crippen LogP contribution in [0.3, 0.4) is 0 Å². The van der Waals surface area contributed by atoms with E-state index in [4.69, 9.17) is 4.42 Å². The Kier molecular flexibility index (Phi) is 5.36. The summed E-state index contributed by atoms with van der Waals surface area (Å²) in [6.45, 7) is 7.22. The fourth-order valence-corrected chi connectivity index (χ4v) is 5.92. The predicted molar refractivity (Wildman–Crippen MR) is 110 cm³/mol. The average Bonchev–Trinajstić information content (AvgIpc) is 3.37. The van der Waals surface area contributed by atoms with E-state index in [-0.39, 0.29) is 10.6 Å². The maximum atomic E-state index is 12.7. The molecule has 154 valence electrons. The van der Waals surface area contributed by atoms with Crippen LogP contribution in [-0.4, -0.2) is 43.9 Å². The number of nitrogens with zero attached hydrogens (tertiary/aromatic N) is 4. The van der Waals surface area contributed by atoms with Gasteiger partial charge in [-0.2, -0.15) is 14.6 Å². The van der Waals surface area contributed by atoms with E-state index < -0.39 is 10.0 Å². The van der Waals surface area contributed by atoms with Crippen molar-refractivity contribution in [1.82, 2.24) is 9.29 Å². The van der Waals surface area contributed by atoms with Crippen LogP contribution in [0.25, 0.3) is 11.5 Å². The van der Waals surface area contributed by atoms with Crippen molar-refractivity contribution in [3.8, 4) is 17.5 Å². The topological polar surface area (TPSA) is 90.4 Å². The Morgan fingerprint density at radius 1 is 1.10 bits per heavy atom. The standard InChI is InChI=1S/C21H26N4O3S/c1-15-11-16(2)14-24(13-15)21-19(12-22)23-20(28-21)17-5-7-18(8-6-17)29(26,27)25-9-3-4-10-25/h5-8,15-16H,3-4,9-11,13-14H2,1-2H3/t15-,16-/m1/s1. The molecule has 0 spiro atoms. The third-order valence-corrected chi connectivity index (χ3v) is 7.59. The molecular weight excluding hydrogens is 388 g/mol. The third-order valence-electron chi connectivity index (χ3n) is 5.68. The van der Waals surface area contributed by atoms with Gasteiger partial charge in [0, 0.05) is 31.7 Å². The maximum absolute atomic E-state index is 12.7. The van der Waals surface area contributed by atoms with Crippen LogP contribution in [0.1, 0.15) is 38.8 Å². The minimum atomic E-state index is -3.45. The Morgan fingerprint density at radius 2 is 1.72 bits per heavy atom. The summed E-state index contributed by atoms with van der Waals surface area (Å²) in [5.74, 6) is 1.89. The van der Waals surface area contributed by atoms with Gasteiger partial charge in [0.05, 0.1) is 4.90 Å². The quantitative estimate of drug-likeness (QED) is 0.761. The first-order chi connectivity index (χ1) is 13.9. The molecule has 0 bridgehead atoms. The molecule has 3 heterocycles. The van der Waals surface area contributed by atoms with Crippen LogP contribution in [0.15, 0.2) is 33.6 Å². The lowest BCUT2D eigenvalue weighted by Gasteiger charge is -2.34. The minimum absolute atomic E-state index is 0.272. The number of sulfonamides is 1. The van der Waals surface area contributed by atoms with Gasteiger partial charge in [-0.15, -0.1) is 0 Å². The summed E-state index contributed by atoms with van der Waals surface area (Å²) in [6, 6.07) is 8.70. The summed E-state index contributed by atoms with van der Waals surface area (Å²) in [5.41, 5.74) is 0.932. The molecule has 2 atom stereocenters. The summed E-state index contributed by atoms with van der Waals surface area (Å²) in [7, 11) is -3.45. The van der Waals surface area contributed by atoms with Crippen LogP contribution in [0.2, 0.25) is 0 Å². The fraction of sp³-hybridized carbons (Fsp3) is 0.524. The van der Waals surface area contributed by atoms with E-state index in [0.717, 1.165) is 32.4 Å². The SMILES string of the molecule is C[C@@H]1C[C@@H](C)CN(c2oc(-c3ccc(S(=O)(=O)N4CCCC4)cc3)nc2C#N)C1. The number of rotatable bonds is 4. The largest absolute Gasteiger partial charge is 0.419 e. The molecule has 8 heteroatoms. The Balaban J connectivity index is 1.61. The Bertz CT molecular complexity index is 1010. The second kappa shape index (κ2) is 7.81. The van der Waals surface area contributed by atoms with Gasteiger partial charge in [0.2, 0.25) is 27.5 Å². The van der Waals surface area contributed by atoms with Crippen molar-refractivity contribution in [2.45, 2.75) is 38.0 Å². The Morgan fingerprint density at radius 3 is 2.31 bits per heavy atom. The van der Waals surface area contributed by atoms with Gasteiger partial charge in [-0.25, -0.2) is 8.42 Å². The van der Waals surface area contributed by atoms with Crippen molar-refractivity contribution in [2.24, 2.45) is 11.8 Å². The highest BCUT2D eigenvalue weighted by atomic mass is 32.2. The zero-order valence-corrected chi connectivity index (χ0v) is 17.7. The van der Waals surface area contributed by atoms with E-state index in [9.17, 15) is 13.7 Å². The minimum Gasteiger partial charge on any atom is -0.419 e. The normalized spacial score (nSPS) is 23.3. The second-order valence-corrected chi connectivity index (χ2v) is 10.2. The van der Waals surface area contributed by atoms with Gasteiger partial charge >= 0.3 is 0 Å². The van der Waals surface area contributed by atoms with Gasteiger partial charge in [0.25, 0.3) is 0 Å². The molecule has 29 heavy (non-hydrogen) atoms. The molecule has 2 aliphatic rings. The lowest BCUT2D eigenvalue weighted by Crippen LogP contribution is -2.38. The monoisotopic (exact) mass is 414 g/mol. The van der Waals surface area contributed by atoms with Crippen LogP contribution in [0.4, 0.5) is 5.88 Å². The van der Waals surface area contributed by atoms with Gasteiger partial charge in [-0.1, -0.05) is 13.8 Å². The van der Waals surface area contributed by atoms with Crippen molar-refractivity contribution in [2.75, 3.05) is 31.1 Å². The van der Waals surface area contributed by atoms with E-state index >= 15 is 0 Å². The molecule has 0 unspecified atom stereocenters. The first-order valence-electron chi connectivity index (χ1n) is 10.1. The first-order valence-corrected chi connectivity index (χ1v) is 11.6. The number of nitriles is 1. The Hall–Kier alpha value is -2.37. The number of aromatic nitrogens is 1. The van der Waals surface area contributed by atoms with E-state index in [1.165, 1.54) is 4.31 Å². The highest BCUT2D eigenvalue weighted by Crippen LogP contribution is 2.33. The fourth-order valence-electron chi connectivity index (χ4n) is 4.40. The molecule has 0 radical (unpaired) electrons. The van der Waals surface area contributed by atoms with Gasteiger partial charge in [0.15, 0.2) is 0 Å². The second-order valence-electron chi connectivity index (χ2n) is 8.27. The molecule has 2 aromatic rings. The molecule has 2 aliphatic heterocycles. The van der Waals surface area contributed by atoms with Crippen LogP contribution in [0, 0.1) is 23.2 Å². The molecule has 1 aromatic heterocycles. The van der Waals surface area contributed by atoms with E-state index in [2.05, 4.69) is 29.8 Å². The highest BCUT2D eigenvalue weighted by molar-refractivity contribution is 7.89. The zero-order chi connectivity index (χ0) is 20.6. The van der Waals surface area contributed by atoms with Gasteiger partial charge < -0.3 is 9.32 Å². The molecule has 2 fully saturated rings.